The molecular formula is C18H18F2N6O2S. The van der Waals surface area contributed by atoms with E-state index in [2.05, 4.69) is 19.9 Å². The predicted octanol–water partition coefficient (Wildman–Crippen LogP) is 1.40. The summed E-state index contributed by atoms with van der Waals surface area (Å²) in [6, 6.07) is 2.38. The molecule has 11 heteroatoms. The molecule has 4 heterocycles. The van der Waals surface area contributed by atoms with Crippen LogP contribution in [0.5, 0.6) is 0 Å². The van der Waals surface area contributed by atoms with Gasteiger partial charge in [-0.25, -0.2) is 32.2 Å². The molecule has 0 spiro atoms. The van der Waals surface area contributed by atoms with E-state index in [0.717, 1.165) is 29.1 Å². The Bertz CT molecular complexity index is 1180. The summed E-state index contributed by atoms with van der Waals surface area (Å²) in [5, 5.41) is 0. The van der Waals surface area contributed by atoms with E-state index >= 15 is 0 Å². The van der Waals surface area contributed by atoms with Crippen LogP contribution in [0.4, 0.5) is 14.6 Å². The van der Waals surface area contributed by atoms with Crippen molar-refractivity contribution in [1.29, 1.82) is 0 Å². The normalized spacial score (nSPS) is 22.5. The van der Waals surface area contributed by atoms with Gasteiger partial charge in [0.2, 0.25) is 10.0 Å². The highest BCUT2D eigenvalue weighted by Crippen LogP contribution is 2.37. The maximum atomic E-state index is 13.5. The fourth-order valence-electron chi connectivity index (χ4n) is 4.31. The summed E-state index contributed by atoms with van der Waals surface area (Å²) in [5.41, 5.74) is 1.46. The van der Waals surface area contributed by atoms with Crippen molar-refractivity contribution in [2.24, 2.45) is 18.9 Å². The van der Waals surface area contributed by atoms with Gasteiger partial charge in [-0.2, -0.15) is 4.31 Å². The maximum absolute atomic E-state index is 13.5. The average Bonchev–Trinajstić information content (AvgIpc) is 3.34. The topological polar surface area (TPSA) is 84.2 Å². The number of fused-ring (bicyclic) bond motifs is 2. The first kappa shape index (κ1) is 18.4. The summed E-state index contributed by atoms with van der Waals surface area (Å²) >= 11 is 0. The zero-order chi connectivity index (χ0) is 20.3. The highest BCUT2D eigenvalue weighted by Gasteiger charge is 2.45. The second kappa shape index (κ2) is 6.42. The first-order valence-corrected chi connectivity index (χ1v) is 10.6. The zero-order valence-corrected chi connectivity index (χ0v) is 16.4. The second-order valence-corrected chi connectivity index (χ2v) is 9.52. The number of benzene rings is 1. The number of hydrogen-bond donors (Lipinski definition) is 0. The van der Waals surface area contributed by atoms with E-state index in [0.29, 0.717) is 32.2 Å². The van der Waals surface area contributed by atoms with Crippen molar-refractivity contribution >= 4 is 27.0 Å². The van der Waals surface area contributed by atoms with E-state index in [9.17, 15) is 17.2 Å². The van der Waals surface area contributed by atoms with Gasteiger partial charge in [0.1, 0.15) is 18.0 Å². The van der Waals surface area contributed by atoms with Gasteiger partial charge in [0, 0.05) is 39.3 Å². The molecule has 3 aromatic rings. The number of rotatable bonds is 3. The van der Waals surface area contributed by atoms with Crippen molar-refractivity contribution in [1.82, 2.24) is 23.8 Å². The minimum atomic E-state index is -3.95. The lowest BCUT2D eigenvalue weighted by atomic mass is 10.0. The van der Waals surface area contributed by atoms with E-state index in [1.165, 1.54) is 10.6 Å². The molecule has 0 bridgehead atoms. The van der Waals surface area contributed by atoms with Gasteiger partial charge in [-0.05, 0) is 24.0 Å². The summed E-state index contributed by atoms with van der Waals surface area (Å²) in [4.78, 5) is 14.8. The number of anilines is 1. The number of aryl methyl sites for hydroxylation is 1. The van der Waals surface area contributed by atoms with Crippen LogP contribution in [0, 0.1) is 23.5 Å². The van der Waals surface area contributed by atoms with Gasteiger partial charge < -0.3 is 9.47 Å². The maximum Gasteiger partial charge on any atom is 0.243 e. The summed E-state index contributed by atoms with van der Waals surface area (Å²) in [6.45, 7) is 1.88. The van der Waals surface area contributed by atoms with E-state index < -0.39 is 21.7 Å². The number of imidazole rings is 1. The van der Waals surface area contributed by atoms with Crippen LogP contribution in [0.25, 0.3) is 11.2 Å². The lowest BCUT2D eigenvalue weighted by Crippen LogP contribution is -2.33. The molecular weight excluding hydrogens is 402 g/mol. The molecule has 2 aromatic heterocycles. The Labute approximate surface area is 165 Å². The van der Waals surface area contributed by atoms with Gasteiger partial charge in [-0.15, -0.1) is 0 Å². The Kier molecular flexibility index (Phi) is 4.07. The number of hydrogen-bond acceptors (Lipinski definition) is 6. The molecule has 1 aromatic carbocycles. The molecule has 0 saturated carbocycles. The van der Waals surface area contributed by atoms with Crippen molar-refractivity contribution < 1.29 is 17.2 Å². The molecule has 0 aliphatic carbocycles. The molecule has 5 rings (SSSR count). The molecule has 2 fully saturated rings. The monoisotopic (exact) mass is 420 g/mol. The van der Waals surface area contributed by atoms with Crippen LogP contribution in [-0.2, 0) is 17.1 Å². The van der Waals surface area contributed by atoms with Crippen LogP contribution in [0.2, 0.25) is 0 Å². The van der Waals surface area contributed by atoms with Gasteiger partial charge >= 0.3 is 0 Å². The van der Waals surface area contributed by atoms with Crippen molar-refractivity contribution in [2.45, 2.75) is 4.90 Å². The van der Waals surface area contributed by atoms with Crippen LogP contribution in [0.1, 0.15) is 0 Å². The van der Waals surface area contributed by atoms with E-state index in [1.54, 1.807) is 6.33 Å². The van der Waals surface area contributed by atoms with Gasteiger partial charge in [0.05, 0.1) is 11.2 Å². The Morgan fingerprint density at radius 3 is 2.28 bits per heavy atom. The molecule has 2 unspecified atom stereocenters. The number of sulfonamides is 1. The molecule has 152 valence electrons. The smallest absolute Gasteiger partial charge is 0.243 e. The van der Waals surface area contributed by atoms with Gasteiger partial charge in [-0.3, -0.25) is 0 Å². The van der Waals surface area contributed by atoms with Crippen molar-refractivity contribution in [3.8, 4) is 0 Å². The van der Waals surface area contributed by atoms with Crippen LogP contribution in [0.3, 0.4) is 0 Å². The molecule has 0 radical (unpaired) electrons. The largest absolute Gasteiger partial charge is 0.354 e. The lowest BCUT2D eigenvalue weighted by molar-refractivity contribution is 0.451. The fourth-order valence-corrected chi connectivity index (χ4v) is 5.91. The third-order valence-corrected chi connectivity index (χ3v) is 7.51. The summed E-state index contributed by atoms with van der Waals surface area (Å²) in [5.74, 6) is -0.852. The van der Waals surface area contributed by atoms with Crippen molar-refractivity contribution in [3.63, 3.8) is 0 Å². The molecule has 2 aliphatic rings. The van der Waals surface area contributed by atoms with Crippen molar-refractivity contribution in [2.75, 3.05) is 31.1 Å². The van der Waals surface area contributed by atoms with Crippen LogP contribution < -0.4 is 4.90 Å². The average molecular weight is 420 g/mol. The van der Waals surface area contributed by atoms with E-state index in [4.69, 9.17) is 0 Å². The third kappa shape index (κ3) is 2.96. The Morgan fingerprint density at radius 2 is 1.62 bits per heavy atom. The number of aromatic nitrogens is 4. The van der Waals surface area contributed by atoms with Gasteiger partial charge in [0.15, 0.2) is 17.0 Å². The fraction of sp³-hybridized carbons (Fsp3) is 0.389. The van der Waals surface area contributed by atoms with E-state index in [-0.39, 0.29) is 16.7 Å². The standard InChI is InChI=1S/C18H18F2N6O2S/c1-24-10-23-16-17(24)21-9-22-18(16)25-5-11-7-26(8-12(11)6-25)29(27,28)15-3-13(19)2-14(20)4-15/h2-4,9-12H,5-8H2,1H3. The lowest BCUT2D eigenvalue weighted by Gasteiger charge is -2.22. The predicted molar refractivity (Wildman–Crippen MR) is 101 cm³/mol. The summed E-state index contributed by atoms with van der Waals surface area (Å²) in [7, 11) is -2.08. The summed E-state index contributed by atoms with van der Waals surface area (Å²) < 4.78 is 55.8. The van der Waals surface area contributed by atoms with Gasteiger partial charge in [-0.1, -0.05) is 0 Å². The summed E-state index contributed by atoms with van der Waals surface area (Å²) in [6.07, 6.45) is 3.19. The van der Waals surface area contributed by atoms with Gasteiger partial charge in [0.25, 0.3) is 0 Å². The molecule has 2 aliphatic heterocycles. The minimum absolute atomic E-state index is 0.108. The Hall–Kier alpha value is -2.66. The Balaban J connectivity index is 1.37. The SMILES string of the molecule is Cn1cnc2c(N3CC4CN(S(=O)(=O)c5cc(F)cc(F)c5)CC4C3)ncnc21. The van der Waals surface area contributed by atoms with Crippen LogP contribution >= 0.6 is 0 Å². The van der Waals surface area contributed by atoms with Crippen molar-refractivity contribution in [3.05, 3.63) is 42.5 Å². The first-order chi connectivity index (χ1) is 13.8. The second-order valence-electron chi connectivity index (χ2n) is 7.58. The highest BCUT2D eigenvalue weighted by molar-refractivity contribution is 7.89. The molecule has 0 amide bonds. The highest BCUT2D eigenvalue weighted by atomic mass is 32.2. The Morgan fingerprint density at radius 1 is 0.966 bits per heavy atom. The molecule has 29 heavy (non-hydrogen) atoms. The molecule has 0 N–H and O–H groups in total. The quantitative estimate of drug-likeness (QED) is 0.637. The molecule has 2 saturated heterocycles. The molecule has 8 nitrogen and oxygen atoms in total. The van der Waals surface area contributed by atoms with E-state index in [1.807, 2.05) is 11.6 Å². The minimum Gasteiger partial charge on any atom is -0.354 e. The first-order valence-electron chi connectivity index (χ1n) is 9.16. The number of nitrogens with zero attached hydrogens (tertiary/aromatic N) is 6. The zero-order valence-electron chi connectivity index (χ0n) is 15.5. The molecule has 2 atom stereocenters. The van der Waals surface area contributed by atoms with Crippen LogP contribution in [-0.4, -0.2) is 58.4 Å². The third-order valence-electron chi connectivity index (χ3n) is 5.70. The van der Waals surface area contributed by atoms with Crippen LogP contribution in [0.15, 0.2) is 35.7 Å². The number of halogens is 2.